The highest BCUT2D eigenvalue weighted by molar-refractivity contribution is 5.98. The molecule has 0 aliphatic rings. The summed E-state index contributed by atoms with van der Waals surface area (Å²) < 4.78 is 10.8. The summed E-state index contributed by atoms with van der Waals surface area (Å²) in [7, 11) is 0. The predicted octanol–water partition coefficient (Wildman–Crippen LogP) is 5.02. The molecular formula is C21H15NO3. The van der Waals surface area contributed by atoms with Crippen LogP contribution in [0.4, 0.5) is 0 Å². The first-order chi connectivity index (χ1) is 12.2. The van der Waals surface area contributed by atoms with Gasteiger partial charge in [-0.25, -0.2) is 4.79 Å². The van der Waals surface area contributed by atoms with Crippen molar-refractivity contribution in [3.05, 3.63) is 84.1 Å². The number of aromatic nitrogens is 1. The maximum absolute atomic E-state index is 12.7. The van der Waals surface area contributed by atoms with Crippen LogP contribution in [-0.2, 0) is 0 Å². The highest BCUT2D eigenvalue weighted by atomic mass is 16.5. The molecule has 4 nitrogen and oxygen atoms in total. The molecule has 1 aromatic heterocycles. The van der Waals surface area contributed by atoms with Crippen LogP contribution in [0.2, 0.25) is 0 Å². The molecule has 0 radical (unpaired) electrons. The Kier molecular flexibility index (Phi) is 3.78. The second-order valence-corrected chi connectivity index (χ2v) is 5.73. The molecule has 0 amide bonds. The van der Waals surface area contributed by atoms with Gasteiger partial charge in [-0.3, -0.25) is 0 Å². The van der Waals surface area contributed by atoms with Gasteiger partial charge in [0.2, 0.25) is 0 Å². The van der Waals surface area contributed by atoms with Gasteiger partial charge < -0.3 is 9.26 Å². The molecule has 0 N–H and O–H groups in total. The van der Waals surface area contributed by atoms with Crippen molar-refractivity contribution >= 4 is 16.7 Å². The highest BCUT2D eigenvalue weighted by Crippen LogP contribution is 2.27. The highest BCUT2D eigenvalue weighted by Gasteiger charge is 2.23. The number of ether oxygens (including phenoxy) is 1. The van der Waals surface area contributed by atoms with Crippen molar-refractivity contribution in [1.82, 2.24) is 5.16 Å². The quantitative estimate of drug-likeness (QED) is 0.391. The Morgan fingerprint density at radius 2 is 1.64 bits per heavy atom. The van der Waals surface area contributed by atoms with Crippen molar-refractivity contribution in [2.45, 2.75) is 6.92 Å². The molecule has 0 atom stereocenters. The van der Waals surface area contributed by atoms with E-state index in [-0.39, 0.29) is 0 Å². The van der Waals surface area contributed by atoms with Crippen molar-refractivity contribution in [3.63, 3.8) is 0 Å². The zero-order chi connectivity index (χ0) is 17.2. The summed E-state index contributed by atoms with van der Waals surface area (Å²) in [6.45, 7) is 1.70. The Hall–Kier alpha value is -3.40. The summed E-state index contributed by atoms with van der Waals surface area (Å²) in [5.74, 6) is 0.445. The molecule has 0 aliphatic carbocycles. The fourth-order valence-corrected chi connectivity index (χ4v) is 2.79. The molecule has 0 aliphatic heterocycles. The van der Waals surface area contributed by atoms with Crippen molar-refractivity contribution in [2.75, 3.05) is 0 Å². The molecule has 0 fully saturated rings. The van der Waals surface area contributed by atoms with Crippen LogP contribution in [0.15, 0.2) is 77.3 Å². The number of rotatable bonds is 3. The van der Waals surface area contributed by atoms with Gasteiger partial charge in [-0.05, 0) is 29.8 Å². The van der Waals surface area contributed by atoms with Gasteiger partial charge in [-0.2, -0.15) is 0 Å². The lowest BCUT2D eigenvalue weighted by Crippen LogP contribution is -2.10. The minimum atomic E-state index is -0.479. The average Bonchev–Trinajstić information content (AvgIpc) is 3.04. The second-order valence-electron chi connectivity index (χ2n) is 5.73. The molecule has 0 spiro atoms. The van der Waals surface area contributed by atoms with E-state index in [0.29, 0.717) is 22.8 Å². The largest absolute Gasteiger partial charge is 0.423 e. The Labute approximate surface area is 144 Å². The maximum atomic E-state index is 12.7. The lowest BCUT2D eigenvalue weighted by Gasteiger charge is -2.06. The van der Waals surface area contributed by atoms with E-state index in [9.17, 15) is 4.79 Å². The van der Waals surface area contributed by atoms with Gasteiger partial charge >= 0.3 is 5.97 Å². The third kappa shape index (κ3) is 2.90. The van der Waals surface area contributed by atoms with Gasteiger partial charge in [0.25, 0.3) is 0 Å². The first kappa shape index (κ1) is 15.1. The lowest BCUT2D eigenvalue weighted by atomic mass is 10.1. The topological polar surface area (TPSA) is 52.3 Å². The smallest absolute Gasteiger partial charge is 0.349 e. The first-order valence-electron chi connectivity index (χ1n) is 7.95. The number of hydrogen-bond acceptors (Lipinski definition) is 4. The summed E-state index contributed by atoms with van der Waals surface area (Å²) in [6.07, 6.45) is 0. The van der Waals surface area contributed by atoms with E-state index in [0.717, 1.165) is 16.3 Å². The Morgan fingerprint density at radius 3 is 2.44 bits per heavy atom. The van der Waals surface area contributed by atoms with Crippen molar-refractivity contribution < 1.29 is 14.1 Å². The molecule has 4 heteroatoms. The number of fused-ring (bicyclic) bond motifs is 1. The molecule has 122 valence electrons. The Balaban J connectivity index is 1.68. The van der Waals surface area contributed by atoms with Gasteiger partial charge in [0.05, 0.1) is 0 Å². The van der Waals surface area contributed by atoms with Crippen LogP contribution < -0.4 is 4.74 Å². The average molecular weight is 329 g/mol. The van der Waals surface area contributed by atoms with Gasteiger partial charge in [-0.15, -0.1) is 0 Å². The van der Waals surface area contributed by atoms with Gasteiger partial charge in [0, 0.05) is 5.56 Å². The molecule has 0 unspecified atom stereocenters. The third-order valence-electron chi connectivity index (χ3n) is 4.05. The monoisotopic (exact) mass is 329 g/mol. The van der Waals surface area contributed by atoms with Crippen molar-refractivity contribution in [2.24, 2.45) is 0 Å². The number of nitrogens with zero attached hydrogens (tertiary/aromatic N) is 1. The summed E-state index contributed by atoms with van der Waals surface area (Å²) >= 11 is 0. The number of esters is 1. The number of carbonyl (C=O) groups excluding carboxylic acids is 1. The van der Waals surface area contributed by atoms with E-state index < -0.39 is 5.97 Å². The van der Waals surface area contributed by atoms with Gasteiger partial charge in [0.15, 0.2) is 0 Å². The van der Waals surface area contributed by atoms with Crippen molar-refractivity contribution in [3.8, 4) is 17.0 Å². The summed E-state index contributed by atoms with van der Waals surface area (Å²) in [6, 6.07) is 22.9. The predicted molar refractivity (Wildman–Crippen MR) is 95.6 cm³/mol. The number of carbonyl (C=O) groups is 1. The first-order valence-corrected chi connectivity index (χ1v) is 7.95. The standard InChI is InChI=1S/C21H15NO3/c1-14-19(20(22-25-14)16-8-3-2-4-9-16)21(23)24-18-12-11-15-7-5-6-10-17(15)13-18/h2-13H,1H3. The molecule has 3 aromatic carbocycles. The van der Waals surface area contributed by atoms with Gasteiger partial charge in [-0.1, -0.05) is 65.8 Å². The Bertz CT molecular complexity index is 1050. The van der Waals surface area contributed by atoms with Crippen LogP contribution in [0.1, 0.15) is 16.1 Å². The molecule has 1 heterocycles. The molecule has 25 heavy (non-hydrogen) atoms. The molecule has 0 saturated heterocycles. The van der Waals surface area contributed by atoms with E-state index in [4.69, 9.17) is 9.26 Å². The van der Waals surface area contributed by atoms with E-state index >= 15 is 0 Å². The minimum absolute atomic E-state index is 0.347. The summed E-state index contributed by atoms with van der Waals surface area (Å²) in [5, 5.41) is 6.13. The second kappa shape index (κ2) is 6.24. The van der Waals surface area contributed by atoms with Crippen LogP contribution >= 0.6 is 0 Å². The van der Waals surface area contributed by atoms with E-state index in [2.05, 4.69) is 5.16 Å². The summed E-state index contributed by atoms with van der Waals surface area (Å²) in [4.78, 5) is 12.7. The normalized spacial score (nSPS) is 10.8. The molecule has 4 aromatic rings. The number of benzene rings is 3. The third-order valence-corrected chi connectivity index (χ3v) is 4.05. The van der Waals surface area contributed by atoms with Crippen LogP contribution in [0.25, 0.3) is 22.0 Å². The molecule has 0 bridgehead atoms. The van der Waals surface area contributed by atoms with Crippen LogP contribution in [0.3, 0.4) is 0 Å². The minimum Gasteiger partial charge on any atom is -0.423 e. The molecular weight excluding hydrogens is 314 g/mol. The van der Waals surface area contributed by atoms with Crippen molar-refractivity contribution in [1.29, 1.82) is 0 Å². The van der Waals surface area contributed by atoms with E-state index in [1.54, 1.807) is 13.0 Å². The molecule has 0 saturated carbocycles. The zero-order valence-electron chi connectivity index (χ0n) is 13.6. The lowest BCUT2D eigenvalue weighted by molar-refractivity contribution is 0.0734. The van der Waals surface area contributed by atoms with E-state index in [1.165, 1.54) is 0 Å². The van der Waals surface area contributed by atoms with Gasteiger partial charge in [0.1, 0.15) is 22.8 Å². The fourth-order valence-electron chi connectivity index (χ4n) is 2.79. The molecule has 4 rings (SSSR count). The SMILES string of the molecule is Cc1onc(-c2ccccc2)c1C(=O)Oc1ccc2ccccc2c1. The van der Waals surface area contributed by atoms with Crippen LogP contribution in [-0.4, -0.2) is 11.1 Å². The van der Waals surface area contributed by atoms with E-state index in [1.807, 2.05) is 66.7 Å². The number of aryl methyl sites for hydroxylation is 1. The fraction of sp³-hybridized carbons (Fsp3) is 0.0476. The van der Waals surface area contributed by atoms with Crippen LogP contribution in [0.5, 0.6) is 5.75 Å². The number of hydrogen-bond donors (Lipinski definition) is 0. The zero-order valence-corrected chi connectivity index (χ0v) is 13.6. The Morgan fingerprint density at radius 1 is 0.920 bits per heavy atom. The van der Waals surface area contributed by atoms with Crippen LogP contribution in [0, 0.1) is 6.92 Å². The summed E-state index contributed by atoms with van der Waals surface area (Å²) in [5.41, 5.74) is 1.65. The maximum Gasteiger partial charge on any atom is 0.349 e.